The maximum Gasteiger partial charge on any atom is 0.0942 e. The molecule has 2 aliphatic carbocycles. The fourth-order valence-corrected chi connectivity index (χ4v) is 5.21. The summed E-state index contributed by atoms with van der Waals surface area (Å²) in [5.41, 5.74) is 3.55. The van der Waals surface area contributed by atoms with Gasteiger partial charge in [0.2, 0.25) is 0 Å². The van der Waals surface area contributed by atoms with E-state index in [2.05, 4.69) is 29.6 Å². The average Bonchev–Trinajstić information content (AvgIpc) is 3.18. The van der Waals surface area contributed by atoms with Gasteiger partial charge in [0.1, 0.15) is 0 Å². The third kappa shape index (κ3) is 1.03. The third-order valence-electron chi connectivity index (χ3n) is 5.90. The second kappa shape index (κ2) is 3.17. The molecule has 0 amide bonds. The third-order valence-corrected chi connectivity index (χ3v) is 5.90. The van der Waals surface area contributed by atoms with E-state index in [-0.39, 0.29) is 0 Å². The maximum atomic E-state index is 6.05. The predicted octanol–water partition coefficient (Wildman–Crippen LogP) is 2.02. The Bertz CT molecular complexity index is 514. The maximum absolute atomic E-state index is 6.05. The first-order valence-corrected chi connectivity index (χ1v) is 7.37. The minimum Gasteiger partial charge on any atom is -0.369 e. The summed E-state index contributed by atoms with van der Waals surface area (Å²) in [6, 6.07) is 9.82. The first-order valence-electron chi connectivity index (χ1n) is 7.37. The Kier molecular flexibility index (Phi) is 1.76. The quantitative estimate of drug-likeness (QED) is 0.703. The molecule has 1 aromatic carbocycles. The van der Waals surface area contributed by atoms with E-state index >= 15 is 0 Å². The first kappa shape index (κ1) is 9.99. The zero-order valence-corrected chi connectivity index (χ0v) is 10.6. The van der Waals surface area contributed by atoms with Crippen molar-refractivity contribution < 1.29 is 4.74 Å². The molecular formula is C16H19NO. The second-order valence-corrected chi connectivity index (χ2v) is 6.49. The number of ether oxygens (including phenoxy) is 1. The molecule has 0 spiro atoms. The van der Waals surface area contributed by atoms with Gasteiger partial charge in [0.05, 0.1) is 12.2 Å². The van der Waals surface area contributed by atoms with E-state index in [4.69, 9.17) is 4.74 Å². The number of hydrogen-bond donors (Lipinski definition) is 1. The monoisotopic (exact) mass is 241 g/mol. The van der Waals surface area contributed by atoms with Gasteiger partial charge in [0.25, 0.3) is 0 Å². The van der Waals surface area contributed by atoms with Crippen molar-refractivity contribution in [2.75, 3.05) is 6.54 Å². The molecule has 5 atom stereocenters. The summed E-state index contributed by atoms with van der Waals surface area (Å²) >= 11 is 0. The lowest BCUT2D eigenvalue weighted by atomic mass is 9.52. The summed E-state index contributed by atoms with van der Waals surface area (Å²) in [7, 11) is 0. The van der Waals surface area contributed by atoms with Crippen molar-refractivity contribution in [2.24, 2.45) is 5.92 Å². The first-order chi connectivity index (χ1) is 8.89. The standard InChI is InChI=1S/C16H19NO/c1-2-4-11-10(3-1)9-13-12-5-6-14-15(18-14)16(11,12)7-8-17-13/h1-4,12-15,17H,5-9H2/t12-,13+,14?,15-,16+/m0/s1. The number of hydrogen-bond acceptors (Lipinski definition) is 2. The molecule has 2 nitrogen and oxygen atoms in total. The van der Waals surface area contributed by atoms with Gasteiger partial charge in [-0.25, -0.2) is 0 Å². The van der Waals surface area contributed by atoms with Crippen molar-refractivity contribution in [3.8, 4) is 0 Å². The zero-order chi connectivity index (χ0) is 11.7. The second-order valence-electron chi connectivity index (χ2n) is 6.49. The van der Waals surface area contributed by atoms with Gasteiger partial charge in [-0.1, -0.05) is 24.3 Å². The Hall–Kier alpha value is -0.860. The van der Waals surface area contributed by atoms with Crippen LogP contribution in [0.4, 0.5) is 0 Å². The van der Waals surface area contributed by atoms with Crippen LogP contribution < -0.4 is 5.32 Å². The summed E-state index contributed by atoms with van der Waals surface area (Å²) in [5, 5.41) is 3.77. The van der Waals surface area contributed by atoms with Gasteiger partial charge in [-0.15, -0.1) is 0 Å². The van der Waals surface area contributed by atoms with Crippen LogP contribution in [0.1, 0.15) is 30.4 Å². The molecule has 2 aliphatic heterocycles. The Morgan fingerprint density at radius 2 is 2.17 bits per heavy atom. The molecule has 1 aromatic rings. The lowest BCUT2D eigenvalue weighted by Gasteiger charge is -2.54. The van der Waals surface area contributed by atoms with E-state index in [0.29, 0.717) is 23.7 Å². The van der Waals surface area contributed by atoms with E-state index < -0.39 is 0 Å². The molecule has 94 valence electrons. The van der Waals surface area contributed by atoms with Gasteiger partial charge in [0.15, 0.2) is 0 Å². The molecular weight excluding hydrogens is 222 g/mol. The summed E-state index contributed by atoms with van der Waals surface area (Å²) in [6.07, 6.45) is 6.24. The van der Waals surface area contributed by atoms with Crippen molar-refractivity contribution in [3.63, 3.8) is 0 Å². The highest BCUT2D eigenvalue weighted by atomic mass is 16.6. The van der Waals surface area contributed by atoms with Gasteiger partial charge in [-0.2, -0.15) is 0 Å². The fraction of sp³-hybridized carbons (Fsp3) is 0.625. The van der Waals surface area contributed by atoms with Crippen molar-refractivity contribution in [3.05, 3.63) is 35.4 Å². The summed E-state index contributed by atoms with van der Waals surface area (Å²) in [4.78, 5) is 0. The number of piperidine rings is 1. The Morgan fingerprint density at radius 1 is 1.22 bits per heavy atom. The Labute approximate surface area is 108 Å². The highest BCUT2D eigenvalue weighted by Gasteiger charge is 2.65. The molecule has 2 saturated heterocycles. The molecule has 3 fully saturated rings. The summed E-state index contributed by atoms with van der Waals surface area (Å²) < 4.78 is 6.05. The molecule has 0 radical (unpaired) electrons. The highest BCUT2D eigenvalue weighted by molar-refractivity contribution is 5.44. The molecule has 0 aromatic heterocycles. The SMILES string of the molecule is c1ccc2c(c1)C[C@H]1NCC[C@@]23[C@H]2OC2CC[C@@H]13. The minimum absolute atomic E-state index is 0.355. The lowest BCUT2D eigenvalue weighted by molar-refractivity contribution is 0.0840. The van der Waals surface area contributed by atoms with Crippen LogP contribution in [-0.2, 0) is 16.6 Å². The van der Waals surface area contributed by atoms with E-state index in [0.717, 1.165) is 5.92 Å². The van der Waals surface area contributed by atoms with E-state index in [1.165, 1.54) is 32.2 Å². The van der Waals surface area contributed by atoms with Crippen LogP contribution in [0, 0.1) is 5.92 Å². The topological polar surface area (TPSA) is 24.6 Å². The van der Waals surface area contributed by atoms with Crippen LogP contribution in [0.25, 0.3) is 0 Å². The molecule has 5 rings (SSSR count). The molecule has 2 heterocycles. The summed E-state index contributed by atoms with van der Waals surface area (Å²) in [5.74, 6) is 0.810. The van der Waals surface area contributed by atoms with E-state index in [1.807, 2.05) is 0 Å². The van der Waals surface area contributed by atoms with Gasteiger partial charge >= 0.3 is 0 Å². The van der Waals surface area contributed by atoms with Gasteiger partial charge in [-0.05, 0) is 49.3 Å². The Morgan fingerprint density at radius 3 is 3.17 bits per heavy atom. The lowest BCUT2D eigenvalue weighted by Crippen LogP contribution is -2.62. The van der Waals surface area contributed by atoms with Crippen molar-refractivity contribution in [1.29, 1.82) is 0 Å². The van der Waals surface area contributed by atoms with Crippen molar-refractivity contribution in [1.82, 2.24) is 5.32 Å². The predicted molar refractivity (Wildman–Crippen MR) is 69.6 cm³/mol. The van der Waals surface area contributed by atoms with Crippen LogP contribution in [0.5, 0.6) is 0 Å². The molecule has 18 heavy (non-hydrogen) atoms. The molecule has 1 N–H and O–H groups in total. The van der Waals surface area contributed by atoms with Crippen molar-refractivity contribution >= 4 is 0 Å². The van der Waals surface area contributed by atoms with Crippen LogP contribution in [-0.4, -0.2) is 24.8 Å². The molecule has 2 heteroatoms. The molecule has 2 bridgehead atoms. The Balaban J connectivity index is 1.76. The van der Waals surface area contributed by atoms with Crippen molar-refractivity contribution in [2.45, 2.75) is 49.3 Å². The molecule has 4 aliphatic rings. The number of nitrogens with one attached hydrogen (secondary N) is 1. The zero-order valence-electron chi connectivity index (χ0n) is 10.6. The van der Waals surface area contributed by atoms with Crippen LogP contribution in [0.2, 0.25) is 0 Å². The van der Waals surface area contributed by atoms with Gasteiger partial charge in [0, 0.05) is 11.5 Å². The van der Waals surface area contributed by atoms with E-state index in [9.17, 15) is 0 Å². The normalized spacial score (nSPS) is 47.8. The number of epoxide rings is 1. The van der Waals surface area contributed by atoms with Crippen LogP contribution in [0.15, 0.2) is 24.3 Å². The average molecular weight is 241 g/mol. The number of rotatable bonds is 0. The van der Waals surface area contributed by atoms with Crippen LogP contribution >= 0.6 is 0 Å². The summed E-state index contributed by atoms with van der Waals surface area (Å²) in [6.45, 7) is 1.17. The van der Waals surface area contributed by atoms with E-state index in [1.54, 1.807) is 11.1 Å². The van der Waals surface area contributed by atoms with Gasteiger partial charge in [-0.3, -0.25) is 0 Å². The highest BCUT2D eigenvalue weighted by Crippen LogP contribution is 2.60. The van der Waals surface area contributed by atoms with Gasteiger partial charge < -0.3 is 10.1 Å². The number of fused-ring (bicyclic) bond motifs is 2. The molecule has 1 unspecified atom stereocenters. The number of benzene rings is 1. The van der Waals surface area contributed by atoms with Crippen LogP contribution in [0.3, 0.4) is 0 Å². The fourth-order valence-electron chi connectivity index (χ4n) is 5.21. The molecule has 1 saturated carbocycles. The largest absolute Gasteiger partial charge is 0.369 e. The minimum atomic E-state index is 0.355. The smallest absolute Gasteiger partial charge is 0.0942 e.